The number of methoxy groups -OCH3 is 1. The van der Waals surface area contributed by atoms with Crippen molar-refractivity contribution in [2.24, 2.45) is 0 Å². The number of nitrogens with one attached hydrogen (secondary N) is 2. The summed E-state index contributed by atoms with van der Waals surface area (Å²) in [6.07, 6.45) is 1.32. The molecule has 0 saturated carbocycles. The minimum atomic E-state index is -1.28. The highest BCUT2D eigenvalue weighted by atomic mass is 35.5. The number of amides is 1. The molecule has 0 fully saturated rings. The van der Waals surface area contributed by atoms with Crippen molar-refractivity contribution < 1.29 is 29.0 Å². The second-order valence-corrected chi connectivity index (χ2v) is 6.46. The van der Waals surface area contributed by atoms with Crippen molar-refractivity contribution in [2.75, 3.05) is 7.11 Å². The van der Waals surface area contributed by atoms with Crippen LogP contribution in [0.25, 0.3) is 16.4 Å². The number of fused-ring (bicyclic) bond motifs is 1. The number of halogens is 1. The van der Waals surface area contributed by atoms with E-state index in [1.165, 1.54) is 7.11 Å². The summed E-state index contributed by atoms with van der Waals surface area (Å²) in [5, 5.41) is 13.0. The monoisotopic (exact) mass is 406 g/mol. The third-order valence-corrected chi connectivity index (χ3v) is 4.54. The lowest BCUT2D eigenvalue weighted by Crippen LogP contribution is -2.46. The molecule has 2 atom stereocenters. The molecule has 0 bridgehead atoms. The smallest absolute Gasteiger partial charge is 0.326 e. The number of H-pyrrole nitrogens is 1. The third-order valence-electron chi connectivity index (χ3n) is 4.23. The van der Waals surface area contributed by atoms with Gasteiger partial charge in [0.25, 0.3) is 0 Å². The molecule has 0 saturated heterocycles. The Morgan fingerprint density at radius 1 is 1.43 bits per heavy atom. The lowest BCUT2D eigenvalue weighted by molar-refractivity contribution is -0.144. The Morgan fingerprint density at radius 2 is 2.18 bits per heavy atom. The van der Waals surface area contributed by atoms with Gasteiger partial charge < -0.3 is 25.7 Å². The van der Waals surface area contributed by atoms with E-state index in [1.54, 1.807) is 18.3 Å². The predicted molar refractivity (Wildman–Crippen MR) is 101 cm³/mol. The fraction of sp³-hybridized carbons (Fsp3) is 0.333. The molecule has 148 valence electrons. The van der Waals surface area contributed by atoms with Crippen LogP contribution in [0.2, 0.25) is 5.02 Å². The summed E-state index contributed by atoms with van der Waals surface area (Å²) in [4.78, 5) is 40.9. The van der Waals surface area contributed by atoms with Gasteiger partial charge in [-0.2, -0.15) is 4.79 Å². The second kappa shape index (κ2) is 9.80. The summed E-state index contributed by atoms with van der Waals surface area (Å²) in [6.45, 7) is 0. The lowest BCUT2D eigenvalue weighted by Gasteiger charge is -2.19. The Morgan fingerprint density at radius 3 is 2.82 bits per heavy atom. The molecule has 0 aliphatic carbocycles. The zero-order chi connectivity index (χ0) is 20.7. The predicted octanol–water partition coefficient (Wildman–Crippen LogP) is 1.60. The number of nitrogens with zero attached hydrogens (tertiary/aromatic N) is 2. The van der Waals surface area contributed by atoms with Gasteiger partial charge in [0.2, 0.25) is 11.7 Å². The number of carboxylic acids is 1. The zero-order valence-electron chi connectivity index (χ0n) is 15.0. The first-order valence-corrected chi connectivity index (χ1v) is 8.75. The highest BCUT2D eigenvalue weighted by Gasteiger charge is 2.27. The minimum absolute atomic E-state index is 0.148. The number of ketones is 1. The molecule has 0 spiro atoms. The van der Waals surface area contributed by atoms with E-state index in [9.17, 15) is 19.5 Å². The van der Waals surface area contributed by atoms with Crippen molar-refractivity contribution in [3.05, 3.63) is 40.5 Å². The number of aromatic amines is 1. The number of benzene rings is 1. The number of hydrogen-bond donors (Lipinski definition) is 3. The van der Waals surface area contributed by atoms with E-state index in [4.69, 9.17) is 21.9 Å². The van der Waals surface area contributed by atoms with Crippen LogP contribution in [0, 0.1) is 0 Å². The molecule has 0 aliphatic heterocycles. The van der Waals surface area contributed by atoms with Crippen LogP contribution in [0.15, 0.2) is 24.4 Å². The van der Waals surface area contributed by atoms with Crippen LogP contribution in [0.1, 0.15) is 18.4 Å². The number of aromatic nitrogens is 1. The van der Waals surface area contributed by atoms with Crippen molar-refractivity contribution in [2.45, 2.75) is 31.4 Å². The Kier molecular flexibility index (Phi) is 7.45. The second-order valence-electron chi connectivity index (χ2n) is 6.05. The van der Waals surface area contributed by atoms with Gasteiger partial charge in [-0.3, -0.25) is 9.59 Å². The van der Waals surface area contributed by atoms with Crippen molar-refractivity contribution in [3.8, 4) is 0 Å². The number of hydrogen-bond acceptors (Lipinski definition) is 4. The first-order valence-electron chi connectivity index (χ1n) is 8.38. The Hall–Kier alpha value is -3.00. The van der Waals surface area contributed by atoms with Gasteiger partial charge in [0, 0.05) is 31.5 Å². The topological polar surface area (TPSA) is 145 Å². The lowest BCUT2D eigenvalue weighted by atomic mass is 10.0. The number of rotatable bonds is 10. The molecule has 2 unspecified atom stereocenters. The molecule has 2 aromatic rings. The Balaban J connectivity index is 2.08. The van der Waals surface area contributed by atoms with E-state index in [0.29, 0.717) is 11.2 Å². The molecular weight excluding hydrogens is 388 g/mol. The fourth-order valence-corrected chi connectivity index (χ4v) is 2.99. The van der Waals surface area contributed by atoms with Crippen LogP contribution in [-0.4, -0.2) is 58.0 Å². The maximum Gasteiger partial charge on any atom is 0.326 e. The summed E-state index contributed by atoms with van der Waals surface area (Å²) >= 11 is 6.13. The quantitative estimate of drug-likeness (QED) is 0.311. The summed E-state index contributed by atoms with van der Waals surface area (Å²) < 4.78 is 5.24. The number of aliphatic carboxylic acids is 1. The van der Waals surface area contributed by atoms with E-state index in [2.05, 4.69) is 15.1 Å². The van der Waals surface area contributed by atoms with E-state index in [-0.39, 0.29) is 19.3 Å². The Bertz CT molecular complexity index is 935. The van der Waals surface area contributed by atoms with Crippen LogP contribution < -0.4 is 5.32 Å². The standard InChI is InChI=1S/C18H19ClN4O5/c1-28-15(7-10-8-21-16-12(10)3-2-4-13(16)19)17(25)23-14(18(26)27)6-5-11(24)9-22-20/h2-4,8-9,14-15,21H,5-7H2,1H3,(H,23,25)(H,26,27). The highest BCUT2D eigenvalue weighted by Crippen LogP contribution is 2.26. The van der Waals surface area contributed by atoms with Crippen LogP contribution in [0.3, 0.4) is 0 Å². The molecule has 2 rings (SSSR count). The van der Waals surface area contributed by atoms with Crippen LogP contribution in [0.5, 0.6) is 0 Å². The van der Waals surface area contributed by atoms with Gasteiger partial charge in [-0.15, -0.1) is 0 Å². The van der Waals surface area contributed by atoms with E-state index in [0.717, 1.165) is 16.5 Å². The molecule has 1 aromatic heterocycles. The van der Waals surface area contributed by atoms with E-state index in [1.807, 2.05) is 6.07 Å². The van der Waals surface area contributed by atoms with Gasteiger partial charge in [0.05, 0.1) is 10.5 Å². The fourth-order valence-electron chi connectivity index (χ4n) is 2.76. The third kappa shape index (κ3) is 5.26. The molecule has 0 radical (unpaired) electrons. The van der Waals surface area contributed by atoms with Crippen molar-refractivity contribution in [3.63, 3.8) is 0 Å². The summed E-state index contributed by atoms with van der Waals surface area (Å²) in [5.41, 5.74) is 9.84. The number of carbonyl (C=O) groups excluding carboxylic acids is 2. The van der Waals surface area contributed by atoms with Crippen molar-refractivity contribution >= 4 is 46.4 Å². The van der Waals surface area contributed by atoms with E-state index >= 15 is 0 Å². The minimum Gasteiger partial charge on any atom is -0.480 e. The average Bonchev–Trinajstić information content (AvgIpc) is 3.07. The van der Waals surface area contributed by atoms with Crippen LogP contribution in [0.4, 0.5) is 0 Å². The number of carbonyl (C=O) groups is 3. The number of ether oxygens (including phenoxy) is 1. The molecule has 1 aromatic carbocycles. The first-order chi connectivity index (χ1) is 13.4. The molecular formula is C18H19ClN4O5. The van der Waals surface area contributed by atoms with Gasteiger partial charge in [-0.25, -0.2) is 4.79 Å². The molecule has 3 N–H and O–H groups in total. The van der Waals surface area contributed by atoms with Gasteiger partial charge >= 0.3 is 12.2 Å². The summed E-state index contributed by atoms with van der Waals surface area (Å²) in [6, 6.07) is 4.10. The SMILES string of the molecule is COC(Cc1c[nH]c2c(Cl)cccc12)C(=O)NC(CCC(=O)C=[N+]=[N-])C(=O)O. The largest absolute Gasteiger partial charge is 0.480 e. The summed E-state index contributed by atoms with van der Waals surface area (Å²) in [5.74, 6) is -2.45. The number of carboxylic acid groups (broad SMARTS) is 1. The van der Waals surface area contributed by atoms with Gasteiger partial charge in [0.1, 0.15) is 12.1 Å². The molecule has 28 heavy (non-hydrogen) atoms. The summed E-state index contributed by atoms with van der Waals surface area (Å²) in [7, 11) is 1.35. The molecule has 9 nitrogen and oxygen atoms in total. The zero-order valence-corrected chi connectivity index (χ0v) is 15.8. The van der Waals surface area contributed by atoms with Crippen molar-refractivity contribution in [1.29, 1.82) is 0 Å². The van der Waals surface area contributed by atoms with E-state index < -0.39 is 29.8 Å². The van der Waals surface area contributed by atoms with Crippen LogP contribution in [-0.2, 0) is 25.5 Å². The normalized spacial score (nSPS) is 12.8. The highest BCUT2D eigenvalue weighted by molar-refractivity contribution is 6.35. The Labute approximate surface area is 165 Å². The average molecular weight is 407 g/mol. The van der Waals surface area contributed by atoms with Crippen LogP contribution >= 0.6 is 11.6 Å². The number of Topliss-reactive ketones (excluding diaryl/α,β-unsaturated/α-hetero) is 1. The van der Waals surface area contributed by atoms with Gasteiger partial charge in [0.15, 0.2) is 0 Å². The van der Waals surface area contributed by atoms with Gasteiger partial charge in [-0.05, 0) is 18.1 Å². The van der Waals surface area contributed by atoms with Crippen molar-refractivity contribution in [1.82, 2.24) is 10.3 Å². The van der Waals surface area contributed by atoms with Gasteiger partial charge in [-0.1, -0.05) is 23.7 Å². The molecule has 1 heterocycles. The number of para-hydroxylation sites is 1. The maximum absolute atomic E-state index is 12.5. The molecule has 10 heteroatoms. The molecule has 1 amide bonds. The maximum atomic E-state index is 12.5. The molecule has 0 aliphatic rings. The first kappa shape index (κ1) is 21.3.